The summed E-state index contributed by atoms with van der Waals surface area (Å²) < 4.78 is 137. The van der Waals surface area contributed by atoms with Crippen molar-refractivity contribution in [2.75, 3.05) is 19.9 Å². The fourth-order valence-electron chi connectivity index (χ4n) is 5.63. The van der Waals surface area contributed by atoms with Crippen molar-refractivity contribution in [2.45, 2.75) is 62.3 Å². The molecule has 1 fully saturated rings. The summed E-state index contributed by atoms with van der Waals surface area (Å²) in [6.07, 6.45) is -16.9. The van der Waals surface area contributed by atoms with Gasteiger partial charge in [0.05, 0.1) is 12.2 Å². The van der Waals surface area contributed by atoms with Crippen LogP contribution in [0, 0.1) is 0 Å². The Bertz CT molecular complexity index is 1730. The smallest absolute Gasteiger partial charge is 0.430 e. The lowest BCUT2D eigenvalue weighted by molar-refractivity contribution is -0.376. The average Bonchev–Trinajstić information content (AvgIpc) is 3.60. The predicted octanol–water partition coefficient (Wildman–Crippen LogP) is 7.16. The molecule has 2 aliphatic rings. The lowest BCUT2D eigenvalue weighted by Gasteiger charge is -2.33. The number of alkyl halides is 9. The summed E-state index contributed by atoms with van der Waals surface area (Å²) in [5, 5.41) is 12.6. The number of carbonyl (C=O) groups is 2. The third-order valence-corrected chi connectivity index (χ3v) is 8.52. The largest absolute Gasteiger partial charge is 0.493 e. The van der Waals surface area contributed by atoms with Crippen molar-refractivity contribution in [2.24, 2.45) is 0 Å². The molecule has 0 radical (unpaired) electrons. The quantitative estimate of drug-likeness (QED) is 0.124. The summed E-state index contributed by atoms with van der Waals surface area (Å²) in [6, 6.07) is 9.77. The molecule has 0 saturated carbocycles. The molecule has 270 valence electrons. The topological polar surface area (TPSA) is 97.3 Å². The van der Waals surface area contributed by atoms with Crippen molar-refractivity contribution >= 4 is 11.9 Å². The maximum atomic E-state index is 13.6. The highest BCUT2D eigenvalue weighted by Crippen LogP contribution is 2.50. The van der Waals surface area contributed by atoms with E-state index < -0.39 is 52.7 Å². The number of unbranched alkanes of at least 4 members (excludes halogenated alkanes) is 1. The first-order valence-corrected chi connectivity index (χ1v) is 15.1. The summed E-state index contributed by atoms with van der Waals surface area (Å²) >= 11 is 0. The molecular formula is C33H29F9N2O6. The number of ether oxygens (including phenoxy) is 3. The zero-order chi connectivity index (χ0) is 36.7. The lowest BCUT2D eigenvalue weighted by Crippen LogP contribution is -2.53. The van der Waals surface area contributed by atoms with Crippen LogP contribution in [0.15, 0.2) is 60.7 Å². The Balaban J connectivity index is 1.27. The standard InChI is InChI=1S/C33H29F9N2O6/c1-29(22-10-13-25-26(17-22)50-18-49-25)27(45)44(28(46)43-29)14-2-3-15-48-24-12-11-23(30(47,32(37,38)39)33(40,41)42)16-20(24)7-4-19-5-8-21(9-6-19)31(34,35)36/h5-6,8-13,16-17,47H,2-4,7,14-15,18H2,1H3,(H,43,46). The number of aryl methyl sites for hydroxylation is 2. The van der Waals surface area contributed by atoms with Crippen LogP contribution in [0.2, 0.25) is 0 Å². The third-order valence-electron chi connectivity index (χ3n) is 8.52. The number of rotatable bonds is 11. The number of halogens is 9. The van der Waals surface area contributed by atoms with Crippen molar-refractivity contribution < 1.29 is 68.4 Å². The van der Waals surface area contributed by atoms with Gasteiger partial charge >= 0.3 is 24.6 Å². The van der Waals surface area contributed by atoms with E-state index in [0.717, 1.165) is 35.2 Å². The molecule has 2 N–H and O–H groups in total. The van der Waals surface area contributed by atoms with E-state index in [4.69, 9.17) is 14.2 Å². The Morgan fingerprint density at radius 1 is 0.820 bits per heavy atom. The number of aliphatic hydroxyl groups is 1. The van der Waals surface area contributed by atoms with Gasteiger partial charge in [-0.25, -0.2) is 4.79 Å². The monoisotopic (exact) mass is 720 g/mol. The van der Waals surface area contributed by atoms with Crippen molar-refractivity contribution in [3.63, 3.8) is 0 Å². The fourth-order valence-corrected chi connectivity index (χ4v) is 5.63. The first-order chi connectivity index (χ1) is 23.3. The molecule has 3 amide bonds. The molecule has 0 spiro atoms. The van der Waals surface area contributed by atoms with Gasteiger partial charge in [0.1, 0.15) is 11.3 Å². The highest BCUT2D eigenvalue weighted by Gasteiger charge is 2.71. The SMILES string of the molecule is CC1(c2ccc3c(c2)OCO3)NC(=O)N(CCCCOc2ccc(C(O)(C(F)(F)F)C(F)(F)F)cc2CCc2ccc(C(F)(F)F)cc2)C1=O. The van der Waals surface area contributed by atoms with Crippen LogP contribution in [0.25, 0.3) is 0 Å². The molecule has 2 aliphatic heterocycles. The van der Waals surface area contributed by atoms with Crippen LogP contribution in [0.1, 0.15) is 47.6 Å². The van der Waals surface area contributed by atoms with Crippen molar-refractivity contribution in [3.8, 4) is 17.2 Å². The number of carbonyl (C=O) groups excluding carboxylic acids is 2. The first kappa shape index (κ1) is 36.6. The van der Waals surface area contributed by atoms with E-state index in [9.17, 15) is 54.2 Å². The van der Waals surface area contributed by atoms with Gasteiger partial charge in [0.2, 0.25) is 6.79 Å². The normalized spacial score (nSPS) is 18.1. The van der Waals surface area contributed by atoms with Gasteiger partial charge in [-0.05, 0) is 85.7 Å². The summed E-state index contributed by atoms with van der Waals surface area (Å²) in [5.41, 5.74) is -8.48. The van der Waals surface area contributed by atoms with Crippen LogP contribution in [-0.2, 0) is 35.0 Å². The van der Waals surface area contributed by atoms with Crippen LogP contribution in [0.3, 0.4) is 0 Å². The molecule has 0 bridgehead atoms. The molecule has 1 unspecified atom stereocenters. The summed E-state index contributed by atoms with van der Waals surface area (Å²) in [5.74, 6) is 0.234. The van der Waals surface area contributed by atoms with Crippen LogP contribution in [-0.4, -0.2) is 54.2 Å². The average molecular weight is 721 g/mol. The van der Waals surface area contributed by atoms with Crippen molar-refractivity contribution in [1.29, 1.82) is 0 Å². The highest BCUT2D eigenvalue weighted by atomic mass is 19.4. The van der Waals surface area contributed by atoms with E-state index in [1.807, 2.05) is 0 Å². The van der Waals surface area contributed by atoms with Gasteiger partial charge in [-0.3, -0.25) is 9.69 Å². The minimum Gasteiger partial charge on any atom is -0.493 e. The molecule has 0 aromatic heterocycles. The number of hydrogen-bond donors (Lipinski definition) is 2. The lowest BCUT2D eigenvalue weighted by atomic mass is 9.89. The molecule has 2 heterocycles. The molecule has 3 aromatic rings. The van der Waals surface area contributed by atoms with E-state index in [-0.39, 0.29) is 56.9 Å². The van der Waals surface area contributed by atoms with Gasteiger partial charge in [-0.1, -0.05) is 24.3 Å². The van der Waals surface area contributed by atoms with Gasteiger partial charge in [0.15, 0.2) is 11.5 Å². The fraction of sp³-hybridized carbons (Fsp3) is 0.394. The Hall–Kier alpha value is -4.67. The van der Waals surface area contributed by atoms with Gasteiger partial charge < -0.3 is 24.6 Å². The molecule has 1 saturated heterocycles. The Labute approximate surface area is 278 Å². The number of fused-ring (bicyclic) bond motifs is 1. The minimum absolute atomic E-state index is 0.0120. The molecule has 5 rings (SSSR count). The summed E-state index contributed by atoms with van der Waals surface area (Å²) in [6.45, 7) is 1.36. The van der Waals surface area contributed by atoms with Crippen LogP contribution >= 0.6 is 0 Å². The second-order valence-electron chi connectivity index (χ2n) is 11.9. The predicted molar refractivity (Wildman–Crippen MR) is 156 cm³/mol. The van der Waals surface area contributed by atoms with Crippen molar-refractivity contribution in [3.05, 3.63) is 88.5 Å². The minimum atomic E-state index is -6.14. The highest BCUT2D eigenvalue weighted by molar-refractivity contribution is 6.07. The molecular weight excluding hydrogens is 691 g/mol. The Morgan fingerprint density at radius 3 is 2.10 bits per heavy atom. The number of urea groups is 1. The molecule has 8 nitrogen and oxygen atoms in total. The van der Waals surface area contributed by atoms with E-state index in [2.05, 4.69) is 5.32 Å². The maximum Gasteiger partial charge on any atom is 0.430 e. The second-order valence-corrected chi connectivity index (χ2v) is 11.9. The maximum absolute atomic E-state index is 13.6. The van der Waals surface area contributed by atoms with Crippen molar-refractivity contribution in [1.82, 2.24) is 10.2 Å². The van der Waals surface area contributed by atoms with E-state index in [1.165, 1.54) is 6.92 Å². The van der Waals surface area contributed by atoms with E-state index >= 15 is 0 Å². The molecule has 0 aliphatic carbocycles. The molecule has 3 aromatic carbocycles. The van der Waals surface area contributed by atoms with Gasteiger partial charge in [0, 0.05) is 12.1 Å². The molecule has 17 heteroatoms. The van der Waals surface area contributed by atoms with Crippen LogP contribution in [0.5, 0.6) is 17.2 Å². The van der Waals surface area contributed by atoms with Gasteiger partial charge in [-0.15, -0.1) is 0 Å². The number of hydrogen-bond acceptors (Lipinski definition) is 6. The number of amides is 3. The molecule has 50 heavy (non-hydrogen) atoms. The zero-order valence-electron chi connectivity index (χ0n) is 26.1. The number of nitrogens with zero attached hydrogens (tertiary/aromatic N) is 1. The Morgan fingerprint density at radius 2 is 1.46 bits per heavy atom. The number of imide groups is 1. The number of benzene rings is 3. The summed E-state index contributed by atoms with van der Waals surface area (Å²) in [4.78, 5) is 27.0. The van der Waals surface area contributed by atoms with Crippen LogP contribution < -0.4 is 19.5 Å². The van der Waals surface area contributed by atoms with E-state index in [1.54, 1.807) is 18.2 Å². The Kier molecular flexibility index (Phi) is 9.68. The van der Waals surface area contributed by atoms with Crippen LogP contribution in [0.4, 0.5) is 44.3 Å². The van der Waals surface area contributed by atoms with Gasteiger partial charge in [-0.2, -0.15) is 39.5 Å². The first-order valence-electron chi connectivity index (χ1n) is 15.1. The zero-order valence-corrected chi connectivity index (χ0v) is 26.1. The summed E-state index contributed by atoms with van der Waals surface area (Å²) in [7, 11) is 0. The second kappa shape index (κ2) is 13.2. The third kappa shape index (κ3) is 7.00. The van der Waals surface area contributed by atoms with E-state index in [0.29, 0.717) is 34.8 Å². The number of nitrogens with one attached hydrogen (secondary N) is 1. The molecule has 1 atom stereocenters. The van der Waals surface area contributed by atoms with Gasteiger partial charge in [0.25, 0.3) is 11.5 Å².